The molecule has 0 aromatic carbocycles. The van der Waals surface area contributed by atoms with Crippen LogP contribution in [0.1, 0.15) is 40.2 Å². The molecule has 1 saturated carbocycles. The largest absolute Gasteiger partial charge is 0.365 e. The Bertz CT molecular complexity index is 557. The molecule has 1 fully saturated rings. The topological polar surface area (TPSA) is 89.3 Å². The first-order valence-electron chi connectivity index (χ1n) is 5.83. The van der Waals surface area contributed by atoms with E-state index in [1.54, 1.807) is 6.92 Å². The van der Waals surface area contributed by atoms with E-state index in [4.69, 9.17) is 5.73 Å². The fourth-order valence-electron chi connectivity index (χ4n) is 2.18. The average molecular weight is 288 g/mol. The van der Waals surface area contributed by atoms with Gasteiger partial charge in [-0.15, -0.1) is 11.3 Å². The SMILES string of the molecule is Cc1sc(C(N)=O)cc1S(=O)(=O)NC1CCCC1. The molecule has 1 heterocycles. The van der Waals surface area contributed by atoms with Gasteiger partial charge in [-0.1, -0.05) is 12.8 Å². The van der Waals surface area contributed by atoms with E-state index < -0.39 is 15.9 Å². The first-order chi connectivity index (χ1) is 8.40. The molecule has 0 bridgehead atoms. The van der Waals surface area contributed by atoms with Gasteiger partial charge in [0.2, 0.25) is 10.0 Å². The summed E-state index contributed by atoms with van der Waals surface area (Å²) in [6.45, 7) is 1.68. The number of carbonyl (C=O) groups excluding carboxylic acids is 1. The zero-order valence-electron chi connectivity index (χ0n) is 10.1. The van der Waals surface area contributed by atoms with E-state index in [0.717, 1.165) is 37.0 Å². The van der Waals surface area contributed by atoms with Crippen LogP contribution in [0.2, 0.25) is 0 Å². The molecule has 1 aromatic heterocycles. The maximum Gasteiger partial charge on any atom is 0.258 e. The van der Waals surface area contributed by atoms with Crippen LogP contribution in [0.5, 0.6) is 0 Å². The molecule has 0 spiro atoms. The first kappa shape index (κ1) is 13.5. The molecular formula is C11H16N2O3S2. The van der Waals surface area contributed by atoms with Crippen molar-refractivity contribution in [2.75, 3.05) is 0 Å². The number of amides is 1. The molecule has 1 aliphatic rings. The van der Waals surface area contributed by atoms with Crippen LogP contribution in [0, 0.1) is 6.92 Å². The lowest BCUT2D eigenvalue weighted by molar-refractivity contribution is 0.100. The molecule has 100 valence electrons. The first-order valence-corrected chi connectivity index (χ1v) is 8.12. The third kappa shape index (κ3) is 2.73. The van der Waals surface area contributed by atoms with Crippen LogP contribution in [0.3, 0.4) is 0 Å². The molecule has 18 heavy (non-hydrogen) atoms. The smallest absolute Gasteiger partial charge is 0.258 e. The Morgan fingerprint density at radius 3 is 2.56 bits per heavy atom. The molecule has 1 aromatic rings. The van der Waals surface area contributed by atoms with E-state index in [1.165, 1.54) is 6.07 Å². The van der Waals surface area contributed by atoms with E-state index in [2.05, 4.69) is 4.72 Å². The lowest BCUT2D eigenvalue weighted by Gasteiger charge is -2.11. The summed E-state index contributed by atoms with van der Waals surface area (Å²) in [5, 5.41) is 0. The predicted octanol–water partition coefficient (Wildman–Crippen LogP) is 1.38. The molecule has 0 aliphatic heterocycles. The van der Waals surface area contributed by atoms with Gasteiger partial charge < -0.3 is 5.73 Å². The summed E-state index contributed by atoms with van der Waals surface area (Å²) >= 11 is 1.11. The Morgan fingerprint density at radius 1 is 1.44 bits per heavy atom. The van der Waals surface area contributed by atoms with Gasteiger partial charge in [0.25, 0.3) is 5.91 Å². The van der Waals surface area contributed by atoms with Gasteiger partial charge in [0.05, 0.1) is 9.77 Å². The van der Waals surface area contributed by atoms with Crippen LogP contribution >= 0.6 is 11.3 Å². The number of sulfonamides is 1. The van der Waals surface area contributed by atoms with Crippen molar-refractivity contribution in [1.29, 1.82) is 0 Å². The highest BCUT2D eigenvalue weighted by atomic mass is 32.2. The number of carbonyl (C=O) groups is 1. The Kier molecular flexibility index (Phi) is 3.74. The minimum atomic E-state index is -3.53. The van der Waals surface area contributed by atoms with Gasteiger partial charge in [-0.2, -0.15) is 0 Å². The Hall–Kier alpha value is -0.920. The molecule has 0 atom stereocenters. The van der Waals surface area contributed by atoms with E-state index in [0.29, 0.717) is 4.88 Å². The average Bonchev–Trinajstić information content (AvgIpc) is 2.86. The Labute approximate surface area is 110 Å². The molecule has 1 aliphatic carbocycles. The predicted molar refractivity (Wildman–Crippen MR) is 70.2 cm³/mol. The van der Waals surface area contributed by atoms with Crippen molar-refractivity contribution >= 4 is 27.3 Å². The molecule has 5 nitrogen and oxygen atoms in total. The molecule has 2 rings (SSSR count). The number of nitrogens with two attached hydrogens (primary N) is 1. The lowest BCUT2D eigenvalue weighted by Crippen LogP contribution is -2.32. The number of aryl methyl sites for hydroxylation is 1. The van der Waals surface area contributed by atoms with Gasteiger partial charge >= 0.3 is 0 Å². The zero-order valence-corrected chi connectivity index (χ0v) is 11.7. The van der Waals surface area contributed by atoms with E-state index in [9.17, 15) is 13.2 Å². The molecule has 0 saturated heterocycles. The number of thiophene rings is 1. The van der Waals surface area contributed by atoms with Crippen LogP contribution < -0.4 is 10.5 Å². The highest BCUT2D eigenvalue weighted by Gasteiger charge is 2.26. The normalized spacial score (nSPS) is 17.2. The molecule has 3 N–H and O–H groups in total. The molecule has 0 radical (unpaired) electrons. The van der Waals surface area contributed by atoms with Crippen molar-refractivity contribution in [3.8, 4) is 0 Å². The van der Waals surface area contributed by atoms with Crippen molar-refractivity contribution < 1.29 is 13.2 Å². The third-order valence-electron chi connectivity index (χ3n) is 3.08. The highest BCUT2D eigenvalue weighted by molar-refractivity contribution is 7.89. The highest BCUT2D eigenvalue weighted by Crippen LogP contribution is 2.27. The van der Waals surface area contributed by atoms with Gasteiger partial charge in [-0.05, 0) is 25.8 Å². The van der Waals surface area contributed by atoms with Crippen molar-refractivity contribution in [3.05, 3.63) is 15.8 Å². The summed E-state index contributed by atoms with van der Waals surface area (Å²) in [6.07, 6.45) is 3.88. The fourth-order valence-corrected chi connectivity index (χ4v) is 4.93. The van der Waals surface area contributed by atoms with Gasteiger partial charge in [0.1, 0.15) is 0 Å². The van der Waals surface area contributed by atoms with Crippen molar-refractivity contribution in [2.45, 2.75) is 43.5 Å². The van der Waals surface area contributed by atoms with Crippen LogP contribution in [0.4, 0.5) is 0 Å². The monoisotopic (exact) mass is 288 g/mol. The van der Waals surface area contributed by atoms with Gasteiger partial charge in [0.15, 0.2) is 0 Å². The summed E-state index contributed by atoms with van der Waals surface area (Å²) in [6, 6.07) is 1.38. The second-order valence-electron chi connectivity index (χ2n) is 4.50. The number of hydrogen-bond donors (Lipinski definition) is 2. The lowest BCUT2D eigenvalue weighted by atomic mass is 10.3. The molecular weight excluding hydrogens is 272 g/mol. The summed E-state index contributed by atoms with van der Waals surface area (Å²) in [5.41, 5.74) is 5.16. The van der Waals surface area contributed by atoms with E-state index in [-0.39, 0.29) is 15.8 Å². The molecule has 1 amide bonds. The van der Waals surface area contributed by atoms with Crippen molar-refractivity contribution in [3.63, 3.8) is 0 Å². The Balaban J connectivity index is 2.26. The maximum atomic E-state index is 12.2. The zero-order chi connectivity index (χ0) is 13.3. The van der Waals surface area contributed by atoms with E-state index >= 15 is 0 Å². The van der Waals surface area contributed by atoms with Crippen LogP contribution in [0.25, 0.3) is 0 Å². The number of hydrogen-bond acceptors (Lipinski definition) is 4. The maximum absolute atomic E-state index is 12.2. The van der Waals surface area contributed by atoms with Crippen LogP contribution in [0.15, 0.2) is 11.0 Å². The summed E-state index contributed by atoms with van der Waals surface area (Å²) in [4.78, 5) is 12.1. The van der Waals surface area contributed by atoms with E-state index in [1.807, 2.05) is 0 Å². The fraction of sp³-hybridized carbons (Fsp3) is 0.545. The molecule has 7 heteroatoms. The molecule has 0 unspecified atom stereocenters. The summed E-state index contributed by atoms with van der Waals surface area (Å²) in [5.74, 6) is -0.592. The van der Waals surface area contributed by atoms with Crippen molar-refractivity contribution in [1.82, 2.24) is 4.72 Å². The Morgan fingerprint density at radius 2 is 2.06 bits per heavy atom. The second-order valence-corrected chi connectivity index (χ2v) is 7.44. The summed E-state index contributed by atoms with van der Waals surface area (Å²) < 4.78 is 27.1. The van der Waals surface area contributed by atoms with Gasteiger partial charge in [-0.25, -0.2) is 13.1 Å². The number of nitrogens with one attached hydrogen (secondary N) is 1. The minimum Gasteiger partial charge on any atom is -0.365 e. The number of primary amides is 1. The van der Waals surface area contributed by atoms with Gasteiger partial charge in [-0.3, -0.25) is 4.79 Å². The summed E-state index contributed by atoms with van der Waals surface area (Å²) in [7, 11) is -3.53. The third-order valence-corrected chi connectivity index (χ3v) is 5.92. The number of rotatable bonds is 4. The van der Waals surface area contributed by atoms with Crippen molar-refractivity contribution in [2.24, 2.45) is 5.73 Å². The van der Waals surface area contributed by atoms with Gasteiger partial charge in [0, 0.05) is 10.9 Å². The second kappa shape index (κ2) is 4.99. The minimum absolute atomic E-state index is 0.0197. The standard InChI is InChI=1S/C11H16N2O3S2/c1-7-10(6-9(17-7)11(12)14)18(15,16)13-8-4-2-3-5-8/h6,8,13H,2-5H2,1H3,(H2,12,14). The van der Waals surface area contributed by atoms with Crippen LogP contribution in [-0.2, 0) is 10.0 Å². The van der Waals surface area contributed by atoms with Crippen LogP contribution in [-0.4, -0.2) is 20.4 Å². The quantitative estimate of drug-likeness (QED) is 0.877.